The highest BCUT2D eigenvalue weighted by atomic mass is 19.3. The zero-order chi connectivity index (χ0) is 25.4. The summed E-state index contributed by atoms with van der Waals surface area (Å²) in [6.07, 6.45) is 2.82. The molecule has 0 radical (unpaired) electrons. The number of benzene rings is 2. The maximum absolute atomic E-state index is 13.3. The van der Waals surface area contributed by atoms with Crippen LogP contribution in [0.15, 0.2) is 42.5 Å². The van der Waals surface area contributed by atoms with Crippen LogP contribution in [0, 0.1) is 13.8 Å². The average molecular weight is 495 g/mol. The molecule has 36 heavy (non-hydrogen) atoms. The maximum atomic E-state index is 13.3. The molecule has 1 aliphatic rings. The number of aromatic nitrogens is 3. The van der Waals surface area contributed by atoms with Gasteiger partial charge in [-0.25, -0.2) is 9.50 Å². The smallest absolute Gasteiger partial charge is 0.387 e. The summed E-state index contributed by atoms with van der Waals surface area (Å²) in [6.45, 7) is 1.44. The predicted octanol–water partition coefficient (Wildman–Crippen LogP) is 5.23. The van der Waals surface area contributed by atoms with Gasteiger partial charge in [0.05, 0.1) is 12.6 Å². The highest BCUT2D eigenvalue weighted by Crippen LogP contribution is 2.33. The van der Waals surface area contributed by atoms with E-state index in [1.54, 1.807) is 12.1 Å². The monoisotopic (exact) mass is 494 g/mol. The Balaban J connectivity index is 1.34. The number of aryl methyl sites for hydroxylation is 2. The van der Waals surface area contributed by atoms with Gasteiger partial charge in [-0.05, 0) is 68.5 Å². The number of halogens is 2. The number of fused-ring (bicyclic) bond motifs is 3. The van der Waals surface area contributed by atoms with E-state index in [1.165, 1.54) is 13.2 Å². The van der Waals surface area contributed by atoms with Gasteiger partial charge in [0.1, 0.15) is 0 Å². The summed E-state index contributed by atoms with van der Waals surface area (Å²) < 4.78 is 36.9. The van der Waals surface area contributed by atoms with Gasteiger partial charge in [0, 0.05) is 35.8 Å². The second-order valence-corrected chi connectivity index (χ2v) is 9.13. The number of carbonyl (C=O) groups excluding carboxylic acids is 1. The van der Waals surface area contributed by atoms with E-state index < -0.39 is 6.61 Å². The minimum Gasteiger partial charge on any atom is -0.493 e. The number of hydrogen-bond donors (Lipinski definition) is 0. The molecular formula is C27H28F2N4O3. The van der Waals surface area contributed by atoms with Crippen molar-refractivity contribution >= 4 is 22.5 Å². The van der Waals surface area contributed by atoms with Crippen LogP contribution in [-0.2, 0) is 17.8 Å². The SMILES string of the molecule is COc1cc(CN(C(=O)CCc2c(C)nc3c4ccccc4nn3c2C)C2CC2)ccc1OC(F)F. The second kappa shape index (κ2) is 9.72. The molecule has 0 atom stereocenters. The first-order chi connectivity index (χ1) is 17.4. The highest BCUT2D eigenvalue weighted by Gasteiger charge is 2.32. The lowest BCUT2D eigenvalue weighted by Gasteiger charge is -2.23. The van der Waals surface area contributed by atoms with Crippen molar-refractivity contribution in [2.75, 3.05) is 7.11 Å². The largest absolute Gasteiger partial charge is 0.493 e. The van der Waals surface area contributed by atoms with Gasteiger partial charge < -0.3 is 14.4 Å². The Labute approximate surface area is 207 Å². The summed E-state index contributed by atoms with van der Waals surface area (Å²) >= 11 is 0. The van der Waals surface area contributed by atoms with Gasteiger partial charge in [-0.3, -0.25) is 4.79 Å². The molecule has 0 spiro atoms. The quantitative estimate of drug-likeness (QED) is 0.319. The van der Waals surface area contributed by atoms with Gasteiger partial charge >= 0.3 is 6.61 Å². The van der Waals surface area contributed by atoms with Crippen molar-refractivity contribution in [2.45, 2.75) is 58.7 Å². The van der Waals surface area contributed by atoms with E-state index in [0.717, 1.165) is 51.9 Å². The number of methoxy groups -OCH3 is 1. The fourth-order valence-electron chi connectivity index (χ4n) is 4.72. The van der Waals surface area contributed by atoms with Crippen LogP contribution in [0.3, 0.4) is 0 Å². The van der Waals surface area contributed by atoms with E-state index in [-0.39, 0.29) is 23.4 Å². The Morgan fingerprint density at radius 3 is 2.67 bits per heavy atom. The summed E-state index contributed by atoms with van der Waals surface area (Å²) in [6, 6.07) is 12.9. The molecule has 1 saturated carbocycles. The summed E-state index contributed by atoms with van der Waals surface area (Å²) in [5, 5.41) is 5.71. The summed E-state index contributed by atoms with van der Waals surface area (Å²) in [5.41, 5.74) is 5.42. The van der Waals surface area contributed by atoms with Crippen LogP contribution in [0.1, 0.15) is 41.8 Å². The molecule has 7 nitrogen and oxygen atoms in total. The van der Waals surface area contributed by atoms with Gasteiger partial charge in [-0.1, -0.05) is 18.2 Å². The number of ether oxygens (including phenoxy) is 2. The second-order valence-electron chi connectivity index (χ2n) is 9.13. The lowest BCUT2D eigenvalue weighted by molar-refractivity contribution is -0.132. The Hall–Kier alpha value is -3.75. The van der Waals surface area contributed by atoms with Gasteiger partial charge in [0.15, 0.2) is 17.1 Å². The van der Waals surface area contributed by atoms with Crippen LogP contribution in [0.25, 0.3) is 16.6 Å². The molecule has 0 aliphatic heterocycles. The molecule has 188 valence electrons. The lowest BCUT2D eigenvalue weighted by atomic mass is 10.1. The summed E-state index contributed by atoms with van der Waals surface area (Å²) in [4.78, 5) is 20.0. The molecular weight excluding hydrogens is 466 g/mol. The van der Waals surface area contributed by atoms with Gasteiger partial charge in [-0.15, -0.1) is 0 Å². The zero-order valence-corrected chi connectivity index (χ0v) is 20.5. The third kappa shape index (κ3) is 4.69. The molecule has 0 unspecified atom stereocenters. The molecule has 2 aromatic carbocycles. The molecule has 5 rings (SSSR count). The first-order valence-corrected chi connectivity index (χ1v) is 12.0. The summed E-state index contributed by atoms with van der Waals surface area (Å²) in [7, 11) is 1.40. The molecule has 9 heteroatoms. The van der Waals surface area contributed by atoms with Crippen molar-refractivity contribution in [2.24, 2.45) is 0 Å². The highest BCUT2D eigenvalue weighted by molar-refractivity contribution is 5.92. The zero-order valence-electron chi connectivity index (χ0n) is 20.5. The Kier molecular flexibility index (Phi) is 6.47. The molecule has 1 fully saturated rings. The fraction of sp³-hybridized carbons (Fsp3) is 0.370. The van der Waals surface area contributed by atoms with E-state index in [9.17, 15) is 13.6 Å². The minimum absolute atomic E-state index is 0.0272. The van der Waals surface area contributed by atoms with Crippen LogP contribution in [0.4, 0.5) is 8.78 Å². The molecule has 2 heterocycles. The predicted molar refractivity (Wildman–Crippen MR) is 131 cm³/mol. The Morgan fingerprint density at radius 1 is 1.17 bits per heavy atom. The van der Waals surface area contributed by atoms with E-state index in [4.69, 9.17) is 14.8 Å². The van der Waals surface area contributed by atoms with Crippen LogP contribution in [0.5, 0.6) is 11.5 Å². The van der Waals surface area contributed by atoms with E-state index in [1.807, 2.05) is 47.5 Å². The van der Waals surface area contributed by atoms with Crippen LogP contribution >= 0.6 is 0 Å². The van der Waals surface area contributed by atoms with Crippen molar-refractivity contribution in [3.63, 3.8) is 0 Å². The minimum atomic E-state index is -2.94. The van der Waals surface area contributed by atoms with Gasteiger partial charge in [0.25, 0.3) is 0 Å². The molecule has 0 saturated heterocycles. The third-order valence-electron chi connectivity index (χ3n) is 6.71. The van der Waals surface area contributed by atoms with Crippen molar-refractivity contribution in [3.05, 3.63) is 65.0 Å². The number of nitrogens with zero attached hydrogens (tertiary/aromatic N) is 4. The van der Waals surface area contributed by atoms with Crippen molar-refractivity contribution in [1.29, 1.82) is 0 Å². The molecule has 4 aromatic rings. The van der Waals surface area contributed by atoms with Gasteiger partial charge in [0.2, 0.25) is 5.91 Å². The normalized spacial score (nSPS) is 13.5. The fourth-order valence-corrected chi connectivity index (χ4v) is 4.72. The maximum Gasteiger partial charge on any atom is 0.387 e. The Morgan fingerprint density at radius 2 is 1.94 bits per heavy atom. The number of carbonyl (C=O) groups is 1. The first-order valence-electron chi connectivity index (χ1n) is 12.0. The van der Waals surface area contributed by atoms with Crippen LogP contribution in [0.2, 0.25) is 0 Å². The van der Waals surface area contributed by atoms with Gasteiger partial charge in [-0.2, -0.15) is 13.9 Å². The molecule has 1 amide bonds. The topological polar surface area (TPSA) is 69.0 Å². The lowest BCUT2D eigenvalue weighted by Crippen LogP contribution is -2.33. The number of amides is 1. The van der Waals surface area contributed by atoms with E-state index in [2.05, 4.69) is 4.74 Å². The van der Waals surface area contributed by atoms with Crippen LogP contribution < -0.4 is 9.47 Å². The van der Waals surface area contributed by atoms with Crippen LogP contribution in [-0.4, -0.2) is 45.2 Å². The molecule has 1 aliphatic carbocycles. The third-order valence-corrected chi connectivity index (χ3v) is 6.71. The average Bonchev–Trinajstić information content (AvgIpc) is 3.63. The van der Waals surface area contributed by atoms with E-state index in [0.29, 0.717) is 19.4 Å². The molecule has 2 aromatic heterocycles. The number of rotatable bonds is 9. The molecule has 0 N–H and O–H groups in total. The van der Waals surface area contributed by atoms with Crippen molar-refractivity contribution in [3.8, 4) is 11.5 Å². The number of hydrogen-bond acceptors (Lipinski definition) is 5. The first kappa shape index (κ1) is 24.0. The van der Waals surface area contributed by atoms with Crippen molar-refractivity contribution < 1.29 is 23.0 Å². The summed E-state index contributed by atoms with van der Waals surface area (Å²) in [5.74, 6) is 0.239. The number of alkyl halides is 2. The molecule has 0 bridgehead atoms. The Bertz CT molecular complexity index is 1430. The standard InChI is InChI=1S/C27H28F2N4O3/c1-16-20(17(2)33-26(30-16)21-6-4-5-7-22(21)31-33)11-13-25(34)32(19-9-10-19)15-18-8-12-23(36-27(28)29)24(14-18)35-3/h4-8,12,14,19,27H,9-11,13,15H2,1-3H3. The van der Waals surface area contributed by atoms with E-state index >= 15 is 0 Å². The van der Waals surface area contributed by atoms with Crippen molar-refractivity contribution in [1.82, 2.24) is 19.5 Å².